The van der Waals surface area contributed by atoms with Crippen LogP contribution in [0.1, 0.15) is 31.8 Å². The molecule has 5 nitrogen and oxygen atoms in total. The van der Waals surface area contributed by atoms with Crippen molar-refractivity contribution >= 4 is 53.9 Å². The van der Waals surface area contributed by atoms with Gasteiger partial charge < -0.3 is 17.2 Å². The molecule has 0 bridgehead atoms. The van der Waals surface area contributed by atoms with E-state index in [9.17, 15) is 9.59 Å². The standard InChI is InChI=1S/C15H12IN3O2/c1-16-6-2-3-7(17)11-10(6)14(20)12-8(18)4-5-9(19)13(12)15(11)21/h2-5H,1,17-19H2. The van der Waals surface area contributed by atoms with Gasteiger partial charge in [0.1, 0.15) is 0 Å². The highest BCUT2D eigenvalue weighted by Crippen LogP contribution is 2.38. The fourth-order valence-electron chi connectivity index (χ4n) is 2.55. The molecule has 0 radical (unpaired) electrons. The van der Waals surface area contributed by atoms with Gasteiger partial charge in [0, 0.05) is 26.2 Å². The number of nitrogen functional groups attached to an aromatic ring is 3. The lowest BCUT2D eigenvalue weighted by molar-refractivity contribution is 0.0980. The van der Waals surface area contributed by atoms with E-state index in [2.05, 4.69) is 4.51 Å². The molecule has 21 heavy (non-hydrogen) atoms. The van der Waals surface area contributed by atoms with Crippen LogP contribution in [-0.2, 0) is 0 Å². The summed E-state index contributed by atoms with van der Waals surface area (Å²) >= 11 is -0.626. The number of rotatable bonds is 1. The first-order chi connectivity index (χ1) is 9.97. The van der Waals surface area contributed by atoms with Gasteiger partial charge in [-0.05, 0) is 24.3 Å². The van der Waals surface area contributed by atoms with Crippen LogP contribution in [-0.4, -0.2) is 16.1 Å². The van der Waals surface area contributed by atoms with Crippen LogP contribution in [0.25, 0.3) is 0 Å². The van der Waals surface area contributed by atoms with Crippen molar-refractivity contribution < 1.29 is 9.59 Å². The quantitative estimate of drug-likeness (QED) is 0.431. The van der Waals surface area contributed by atoms with Crippen molar-refractivity contribution in [1.82, 2.24) is 0 Å². The van der Waals surface area contributed by atoms with Gasteiger partial charge in [-0.15, -0.1) is 0 Å². The van der Waals surface area contributed by atoms with Crippen molar-refractivity contribution in [3.05, 3.63) is 50.1 Å². The van der Waals surface area contributed by atoms with Crippen LogP contribution in [0.3, 0.4) is 0 Å². The van der Waals surface area contributed by atoms with Crippen LogP contribution in [0.5, 0.6) is 0 Å². The fourth-order valence-corrected chi connectivity index (χ4v) is 3.88. The van der Waals surface area contributed by atoms with Crippen LogP contribution in [0.2, 0.25) is 0 Å². The lowest BCUT2D eigenvalue weighted by Crippen LogP contribution is -2.26. The summed E-state index contributed by atoms with van der Waals surface area (Å²) in [7, 11) is 0. The number of hydrogen-bond donors (Lipinski definition) is 3. The predicted molar refractivity (Wildman–Crippen MR) is 92.8 cm³/mol. The lowest BCUT2D eigenvalue weighted by Gasteiger charge is -2.22. The Balaban J connectivity index is 2.47. The second-order valence-electron chi connectivity index (χ2n) is 4.67. The second kappa shape index (κ2) is 4.66. The number of carbonyl (C=O) groups is 2. The van der Waals surface area contributed by atoms with E-state index in [0.29, 0.717) is 5.56 Å². The molecule has 0 heterocycles. The third-order valence-corrected chi connectivity index (χ3v) is 5.23. The van der Waals surface area contributed by atoms with Crippen molar-refractivity contribution in [3.8, 4) is 0 Å². The maximum absolute atomic E-state index is 12.8. The normalized spacial score (nSPS) is 13.0. The molecule has 6 N–H and O–H groups in total. The Morgan fingerprint density at radius 1 is 0.714 bits per heavy atom. The van der Waals surface area contributed by atoms with Crippen LogP contribution in [0.15, 0.2) is 24.3 Å². The van der Waals surface area contributed by atoms with Gasteiger partial charge in [-0.2, -0.15) is 0 Å². The largest absolute Gasteiger partial charge is 0.398 e. The zero-order chi connectivity index (χ0) is 15.3. The average Bonchev–Trinajstić information content (AvgIpc) is 2.46. The molecule has 2 aromatic rings. The SMILES string of the molecule is C=Ic1ccc(N)c2c1C(=O)c1c(N)ccc(N)c1C2=O. The molecule has 1 aliphatic carbocycles. The highest BCUT2D eigenvalue weighted by atomic mass is 127. The van der Waals surface area contributed by atoms with Gasteiger partial charge in [0.25, 0.3) is 0 Å². The number of hydrogen-bond acceptors (Lipinski definition) is 5. The van der Waals surface area contributed by atoms with E-state index < -0.39 is 20.7 Å². The first-order valence-corrected chi connectivity index (χ1v) is 8.66. The molecule has 0 atom stereocenters. The minimum Gasteiger partial charge on any atom is -0.398 e. The smallest absolute Gasteiger partial charge is 0.198 e. The maximum Gasteiger partial charge on any atom is 0.198 e. The molecule has 0 saturated heterocycles. The van der Waals surface area contributed by atoms with Crippen LogP contribution in [0.4, 0.5) is 17.1 Å². The Morgan fingerprint density at radius 3 is 1.57 bits per heavy atom. The number of carbonyl (C=O) groups excluding carboxylic acids is 2. The second-order valence-corrected chi connectivity index (χ2v) is 6.60. The minimum atomic E-state index is -0.626. The molecule has 1 aliphatic rings. The fraction of sp³-hybridized carbons (Fsp3) is 0. The first kappa shape index (κ1) is 13.7. The van der Waals surface area contributed by atoms with Gasteiger partial charge in [0.2, 0.25) is 0 Å². The molecule has 6 heteroatoms. The molecule has 0 aromatic heterocycles. The van der Waals surface area contributed by atoms with Gasteiger partial charge >= 0.3 is 0 Å². The highest BCUT2D eigenvalue weighted by Gasteiger charge is 2.35. The third kappa shape index (κ3) is 1.79. The summed E-state index contributed by atoms with van der Waals surface area (Å²) in [4.78, 5) is 25.5. The van der Waals surface area contributed by atoms with E-state index >= 15 is 0 Å². The monoisotopic (exact) mass is 393 g/mol. The summed E-state index contributed by atoms with van der Waals surface area (Å²) in [6.45, 7) is 0. The van der Waals surface area contributed by atoms with Crippen LogP contribution < -0.4 is 17.2 Å². The summed E-state index contributed by atoms with van der Waals surface area (Å²) in [6, 6.07) is 6.46. The summed E-state index contributed by atoms with van der Waals surface area (Å²) in [5, 5.41) is 0. The number of anilines is 3. The molecule has 2 aromatic carbocycles. The van der Waals surface area contributed by atoms with Gasteiger partial charge in [-0.25, -0.2) is 0 Å². The zero-order valence-corrected chi connectivity index (χ0v) is 13.1. The summed E-state index contributed by atoms with van der Waals surface area (Å²) < 4.78 is 4.68. The molecule has 0 amide bonds. The summed E-state index contributed by atoms with van der Waals surface area (Å²) in [5.41, 5.74) is 19.3. The molecule has 3 rings (SSSR count). The zero-order valence-electron chi connectivity index (χ0n) is 10.9. The lowest BCUT2D eigenvalue weighted by atomic mass is 9.81. The predicted octanol–water partition coefficient (Wildman–Crippen LogP) is 1.78. The number of halogens is 1. The van der Waals surface area contributed by atoms with Gasteiger partial charge in [0.15, 0.2) is 11.6 Å². The molecule has 0 unspecified atom stereocenters. The van der Waals surface area contributed by atoms with Crippen LogP contribution in [0, 0.1) is 3.57 Å². The maximum atomic E-state index is 12.8. The first-order valence-electron chi connectivity index (χ1n) is 6.05. The number of ketones is 2. The van der Waals surface area contributed by atoms with E-state index in [4.69, 9.17) is 17.2 Å². The van der Waals surface area contributed by atoms with E-state index in [0.717, 1.165) is 3.57 Å². The molecular weight excluding hydrogens is 381 g/mol. The topological polar surface area (TPSA) is 112 Å². The molecular formula is C15H12IN3O2. The molecule has 0 fully saturated rings. The number of fused-ring (bicyclic) bond motifs is 2. The molecule has 0 aliphatic heterocycles. The van der Waals surface area contributed by atoms with Gasteiger partial charge in [-0.1, -0.05) is 25.2 Å². The minimum absolute atomic E-state index is 0.151. The van der Waals surface area contributed by atoms with E-state index in [1.165, 1.54) is 12.1 Å². The van der Waals surface area contributed by atoms with Crippen LogP contribution >= 0.6 is 20.7 Å². The van der Waals surface area contributed by atoms with Crippen molar-refractivity contribution in [2.45, 2.75) is 0 Å². The Labute approximate surface area is 130 Å². The van der Waals surface area contributed by atoms with Crippen molar-refractivity contribution in [2.75, 3.05) is 17.2 Å². The van der Waals surface area contributed by atoms with E-state index in [1.54, 1.807) is 12.1 Å². The summed E-state index contributed by atoms with van der Waals surface area (Å²) in [6.07, 6.45) is 0. The molecule has 106 valence electrons. The van der Waals surface area contributed by atoms with Crippen molar-refractivity contribution in [1.29, 1.82) is 0 Å². The van der Waals surface area contributed by atoms with E-state index in [1.807, 2.05) is 0 Å². The van der Waals surface area contributed by atoms with Gasteiger partial charge in [0.05, 0.1) is 16.7 Å². The summed E-state index contributed by atoms with van der Waals surface area (Å²) in [5.74, 6) is -0.642. The molecule has 0 spiro atoms. The van der Waals surface area contributed by atoms with Crippen molar-refractivity contribution in [2.24, 2.45) is 0 Å². The number of nitrogens with two attached hydrogens (primary N) is 3. The Bertz CT molecular complexity index is 843. The van der Waals surface area contributed by atoms with Gasteiger partial charge in [-0.3, -0.25) is 9.59 Å². The third-order valence-electron chi connectivity index (χ3n) is 3.51. The number of benzene rings is 2. The Kier molecular flexibility index (Phi) is 3.05. The molecule has 0 saturated carbocycles. The van der Waals surface area contributed by atoms with E-state index in [-0.39, 0.29) is 45.3 Å². The Hall–Kier alpha value is -2.22. The average molecular weight is 393 g/mol. The highest BCUT2D eigenvalue weighted by molar-refractivity contribution is 14.2. The van der Waals surface area contributed by atoms with Crippen molar-refractivity contribution in [3.63, 3.8) is 0 Å². The Morgan fingerprint density at radius 2 is 1.10 bits per heavy atom.